The molecule has 0 bridgehead atoms. The van der Waals surface area contributed by atoms with E-state index in [0.29, 0.717) is 5.92 Å². The SMILES string of the molecule is Cn1ccc2ccc(C(=O)N3CCC(c4nnc5ccccn45)CC3)cc21. The minimum Gasteiger partial charge on any atom is -0.351 e. The summed E-state index contributed by atoms with van der Waals surface area (Å²) < 4.78 is 4.11. The number of hydrogen-bond donors (Lipinski definition) is 0. The molecule has 1 aliphatic heterocycles. The van der Waals surface area contributed by atoms with Gasteiger partial charge in [-0.2, -0.15) is 0 Å². The first-order valence-corrected chi connectivity index (χ1v) is 9.35. The predicted molar refractivity (Wildman–Crippen MR) is 104 cm³/mol. The van der Waals surface area contributed by atoms with E-state index in [1.54, 1.807) is 0 Å². The van der Waals surface area contributed by atoms with Crippen molar-refractivity contribution in [3.05, 3.63) is 66.2 Å². The van der Waals surface area contributed by atoms with E-state index < -0.39 is 0 Å². The van der Waals surface area contributed by atoms with Gasteiger partial charge in [0.15, 0.2) is 5.65 Å². The van der Waals surface area contributed by atoms with Crippen molar-refractivity contribution in [1.29, 1.82) is 0 Å². The normalized spacial score (nSPS) is 15.7. The summed E-state index contributed by atoms with van der Waals surface area (Å²) in [6.45, 7) is 1.49. The average Bonchev–Trinajstić information content (AvgIpc) is 3.31. The van der Waals surface area contributed by atoms with E-state index in [1.165, 1.54) is 0 Å². The van der Waals surface area contributed by atoms with Crippen LogP contribution in [0.15, 0.2) is 54.9 Å². The molecule has 0 unspecified atom stereocenters. The summed E-state index contributed by atoms with van der Waals surface area (Å²) in [6.07, 6.45) is 5.85. The van der Waals surface area contributed by atoms with Gasteiger partial charge in [0.25, 0.3) is 5.91 Å². The number of nitrogens with zero attached hydrogens (tertiary/aromatic N) is 5. The fraction of sp³-hybridized carbons (Fsp3) is 0.286. The molecule has 1 fully saturated rings. The molecule has 1 amide bonds. The van der Waals surface area contributed by atoms with E-state index in [4.69, 9.17) is 0 Å². The molecular weight excluding hydrogens is 338 g/mol. The topological polar surface area (TPSA) is 55.4 Å². The fourth-order valence-electron chi connectivity index (χ4n) is 4.06. The molecule has 136 valence electrons. The molecular formula is C21H21N5O. The van der Waals surface area contributed by atoms with E-state index >= 15 is 0 Å². The number of pyridine rings is 1. The zero-order valence-electron chi connectivity index (χ0n) is 15.2. The minimum absolute atomic E-state index is 0.114. The quantitative estimate of drug-likeness (QED) is 0.552. The molecule has 0 aliphatic carbocycles. The van der Waals surface area contributed by atoms with Crippen LogP contribution in [0.5, 0.6) is 0 Å². The highest BCUT2D eigenvalue weighted by Gasteiger charge is 2.27. The lowest BCUT2D eigenvalue weighted by atomic mass is 9.95. The summed E-state index contributed by atoms with van der Waals surface area (Å²) in [6, 6.07) is 14.0. The average molecular weight is 359 g/mol. The van der Waals surface area contributed by atoms with Crippen LogP contribution in [0.4, 0.5) is 0 Å². The van der Waals surface area contributed by atoms with Crippen molar-refractivity contribution in [2.24, 2.45) is 7.05 Å². The number of hydrogen-bond acceptors (Lipinski definition) is 3. The Kier molecular flexibility index (Phi) is 3.70. The third-order valence-electron chi connectivity index (χ3n) is 5.62. The molecule has 3 aromatic heterocycles. The third-order valence-corrected chi connectivity index (χ3v) is 5.62. The van der Waals surface area contributed by atoms with Crippen LogP contribution < -0.4 is 0 Å². The summed E-state index contributed by atoms with van der Waals surface area (Å²) >= 11 is 0. The Balaban J connectivity index is 1.33. The Labute approximate surface area is 157 Å². The van der Waals surface area contributed by atoms with Gasteiger partial charge in [-0.3, -0.25) is 9.20 Å². The number of aryl methyl sites for hydroxylation is 1. The second-order valence-corrected chi connectivity index (χ2v) is 7.25. The van der Waals surface area contributed by atoms with Gasteiger partial charge in [-0.15, -0.1) is 10.2 Å². The highest BCUT2D eigenvalue weighted by atomic mass is 16.2. The molecule has 1 saturated heterocycles. The number of piperidine rings is 1. The molecule has 6 nitrogen and oxygen atoms in total. The zero-order valence-corrected chi connectivity index (χ0v) is 15.2. The molecule has 6 heteroatoms. The largest absolute Gasteiger partial charge is 0.351 e. The zero-order chi connectivity index (χ0) is 18.4. The second kappa shape index (κ2) is 6.23. The van der Waals surface area contributed by atoms with Crippen LogP contribution in [0, 0.1) is 0 Å². The monoisotopic (exact) mass is 359 g/mol. The minimum atomic E-state index is 0.114. The van der Waals surface area contributed by atoms with Crippen LogP contribution in [-0.4, -0.2) is 43.1 Å². The molecule has 0 spiro atoms. The van der Waals surface area contributed by atoms with Crippen LogP contribution in [0.3, 0.4) is 0 Å². The van der Waals surface area contributed by atoms with Crippen molar-refractivity contribution in [3.8, 4) is 0 Å². The predicted octanol–water partition coefficient (Wildman–Crippen LogP) is 3.24. The molecule has 4 aromatic rings. The summed E-state index contributed by atoms with van der Waals surface area (Å²) in [4.78, 5) is 14.9. The van der Waals surface area contributed by atoms with Gasteiger partial charge in [-0.05, 0) is 48.6 Å². The number of rotatable bonds is 2. The number of likely N-dealkylation sites (tertiary alicyclic amines) is 1. The van der Waals surface area contributed by atoms with E-state index in [2.05, 4.69) is 25.2 Å². The summed E-state index contributed by atoms with van der Waals surface area (Å²) in [5.74, 6) is 1.45. The highest BCUT2D eigenvalue weighted by Crippen LogP contribution is 2.28. The molecule has 0 radical (unpaired) electrons. The Bertz CT molecular complexity index is 1130. The first kappa shape index (κ1) is 16.1. The highest BCUT2D eigenvalue weighted by molar-refractivity contribution is 5.98. The maximum absolute atomic E-state index is 13.0. The van der Waals surface area contributed by atoms with E-state index in [1.807, 2.05) is 60.7 Å². The van der Waals surface area contributed by atoms with Gasteiger partial charge in [0.05, 0.1) is 0 Å². The van der Waals surface area contributed by atoms with Gasteiger partial charge in [0.2, 0.25) is 0 Å². The first-order valence-electron chi connectivity index (χ1n) is 9.35. The number of fused-ring (bicyclic) bond motifs is 2. The maximum Gasteiger partial charge on any atom is 0.253 e. The Morgan fingerprint density at radius 2 is 1.89 bits per heavy atom. The Morgan fingerprint density at radius 3 is 2.74 bits per heavy atom. The van der Waals surface area contributed by atoms with Crippen molar-refractivity contribution in [2.75, 3.05) is 13.1 Å². The molecule has 27 heavy (non-hydrogen) atoms. The molecule has 0 N–H and O–H groups in total. The number of carbonyl (C=O) groups excluding carboxylic acids is 1. The van der Waals surface area contributed by atoms with Gasteiger partial charge in [-0.25, -0.2) is 0 Å². The third kappa shape index (κ3) is 2.68. The van der Waals surface area contributed by atoms with Gasteiger partial charge in [-0.1, -0.05) is 12.1 Å². The van der Waals surface area contributed by atoms with Crippen LogP contribution in [0.2, 0.25) is 0 Å². The van der Waals surface area contributed by atoms with Crippen LogP contribution in [-0.2, 0) is 7.05 Å². The maximum atomic E-state index is 13.0. The van der Waals surface area contributed by atoms with Gasteiger partial charge in [0, 0.05) is 49.5 Å². The van der Waals surface area contributed by atoms with Crippen LogP contribution in [0.1, 0.15) is 34.9 Å². The second-order valence-electron chi connectivity index (χ2n) is 7.25. The molecule has 5 rings (SSSR count). The van der Waals surface area contributed by atoms with Crippen LogP contribution in [0.25, 0.3) is 16.6 Å². The van der Waals surface area contributed by atoms with Gasteiger partial charge < -0.3 is 9.47 Å². The fourth-order valence-corrected chi connectivity index (χ4v) is 4.06. The van der Waals surface area contributed by atoms with E-state index in [0.717, 1.165) is 53.9 Å². The first-order chi connectivity index (χ1) is 13.2. The Morgan fingerprint density at radius 1 is 1.04 bits per heavy atom. The van der Waals surface area contributed by atoms with E-state index in [9.17, 15) is 4.79 Å². The molecule has 1 aliphatic rings. The number of carbonyl (C=O) groups is 1. The van der Waals surface area contributed by atoms with Crippen molar-refractivity contribution in [2.45, 2.75) is 18.8 Å². The van der Waals surface area contributed by atoms with Crippen molar-refractivity contribution < 1.29 is 4.79 Å². The van der Waals surface area contributed by atoms with Gasteiger partial charge in [0.1, 0.15) is 5.82 Å². The lowest BCUT2D eigenvalue weighted by Crippen LogP contribution is -2.38. The number of amides is 1. The van der Waals surface area contributed by atoms with E-state index in [-0.39, 0.29) is 5.91 Å². The molecule has 4 heterocycles. The van der Waals surface area contributed by atoms with Gasteiger partial charge >= 0.3 is 0 Å². The smallest absolute Gasteiger partial charge is 0.253 e. The van der Waals surface area contributed by atoms with Crippen molar-refractivity contribution >= 4 is 22.5 Å². The van der Waals surface area contributed by atoms with Crippen molar-refractivity contribution in [3.63, 3.8) is 0 Å². The molecule has 0 saturated carbocycles. The summed E-state index contributed by atoms with van der Waals surface area (Å²) in [5.41, 5.74) is 2.73. The summed E-state index contributed by atoms with van der Waals surface area (Å²) in [5, 5.41) is 9.81. The summed E-state index contributed by atoms with van der Waals surface area (Å²) in [7, 11) is 2.00. The number of benzene rings is 1. The lowest BCUT2D eigenvalue weighted by Gasteiger charge is -2.31. The van der Waals surface area contributed by atoms with Crippen molar-refractivity contribution in [1.82, 2.24) is 24.1 Å². The molecule has 0 atom stereocenters. The Hall–Kier alpha value is -3.15. The lowest BCUT2D eigenvalue weighted by molar-refractivity contribution is 0.0711. The van der Waals surface area contributed by atoms with Crippen LogP contribution >= 0.6 is 0 Å². The standard InChI is InChI=1S/C21H21N5O/c1-24-11-7-15-5-6-17(14-18(15)24)21(27)25-12-8-16(9-13-25)20-23-22-19-4-2-3-10-26(19)20/h2-7,10-11,14,16H,8-9,12-13H2,1H3. The molecule has 1 aromatic carbocycles. The number of aromatic nitrogens is 4.